The van der Waals surface area contributed by atoms with E-state index < -0.39 is 0 Å². The number of nitrogens with one attached hydrogen (secondary N) is 1. The van der Waals surface area contributed by atoms with Crippen LogP contribution in [-0.4, -0.2) is 12.5 Å². The zero-order chi connectivity index (χ0) is 15.2. The van der Waals surface area contributed by atoms with Crippen molar-refractivity contribution >= 4 is 39.1 Å². The van der Waals surface area contributed by atoms with E-state index in [0.29, 0.717) is 29.5 Å². The lowest BCUT2D eigenvalue weighted by atomic mass is 10.1. The van der Waals surface area contributed by atoms with Crippen LogP contribution in [0.15, 0.2) is 46.9 Å². The number of amides is 1. The Kier molecular flexibility index (Phi) is 5.65. The molecular weight excluding hydrogens is 354 g/mol. The molecule has 3 nitrogen and oxygen atoms in total. The van der Waals surface area contributed by atoms with Gasteiger partial charge in [0.1, 0.15) is 5.75 Å². The van der Waals surface area contributed by atoms with Crippen LogP contribution in [0, 0.1) is 0 Å². The lowest BCUT2D eigenvalue weighted by molar-refractivity contribution is -0.115. The van der Waals surface area contributed by atoms with Gasteiger partial charge < -0.3 is 10.1 Å². The molecule has 0 aromatic heterocycles. The van der Waals surface area contributed by atoms with Gasteiger partial charge >= 0.3 is 0 Å². The van der Waals surface area contributed by atoms with Crippen LogP contribution in [0.5, 0.6) is 5.75 Å². The highest BCUT2D eigenvalue weighted by molar-refractivity contribution is 9.10. The monoisotopic (exact) mass is 367 g/mol. The van der Waals surface area contributed by atoms with E-state index in [1.54, 1.807) is 18.2 Å². The second kappa shape index (κ2) is 7.48. The largest absolute Gasteiger partial charge is 0.492 e. The van der Waals surface area contributed by atoms with E-state index in [0.717, 1.165) is 10.0 Å². The summed E-state index contributed by atoms with van der Waals surface area (Å²) in [5, 5.41) is 3.39. The predicted octanol–water partition coefficient (Wildman–Crippen LogP) is 4.68. The Balaban J connectivity index is 2.08. The van der Waals surface area contributed by atoms with Crippen molar-refractivity contribution in [3.63, 3.8) is 0 Å². The molecule has 2 aromatic rings. The van der Waals surface area contributed by atoms with Gasteiger partial charge in [0.25, 0.3) is 0 Å². The highest BCUT2D eigenvalue weighted by atomic mass is 79.9. The first-order chi connectivity index (χ1) is 10.1. The van der Waals surface area contributed by atoms with Crippen molar-refractivity contribution in [2.45, 2.75) is 13.3 Å². The van der Waals surface area contributed by atoms with Crippen molar-refractivity contribution in [1.82, 2.24) is 0 Å². The summed E-state index contributed by atoms with van der Waals surface area (Å²) in [6.45, 7) is 2.42. The lowest BCUT2D eigenvalue weighted by Crippen LogP contribution is -2.15. The molecule has 0 saturated heterocycles. The maximum absolute atomic E-state index is 12.1. The molecule has 0 fully saturated rings. The Morgan fingerprint density at radius 1 is 1.24 bits per heavy atom. The number of hydrogen-bond donors (Lipinski definition) is 1. The van der Waals surface area contributed by atoms with E-state index in [1.165, 1.54) is 0 Å². The van der Waals surface area contributed by atoms with Gasteiger partial charge in [-0.25, -0.2) is 0 Å². The van der Waals surface area contributed by atoms with E-state index in [2.05, 4.69) is 21.2 Å². The fraction of sp³-hybridized carbons (Fsp3) is 0.188. The van der Waals surface area contributed by atoms with Crippen LogP contribution in [0.1, 0.15) is 12.5 Å². The molecule has 2 rings (SSSR count). The van der Waals surface area contributed by atoms with Crippen LogP contribution >= 0.6 is 27.5 Å². The van der Waals surface area contributed by atoms with Gasteiger partial charge in [-0.3, -0.25) is 4.79 Å². The number of rotatable bonds is 5. The third-order valence-corrected chi connectivity index (χ3v) is 3.56. The van der Waals surface area contributed by atoms with E-state index in [1.807, 2.05) is 31.2 Å². The first kappa shape index (κ1) is 15.9. The average Bonchev–Trinajstić information content (AvgIpc) is 2.44. The van der Waals surface area contributed by atoms with Crippen LogP contribution in [0.3, 0.4) is 0 Å². The maximum Gasteiger partial charge on any atom is 0.228 e. The highest BCUT2D eigenvalue weighted by Crippen LogP contribution is 2.28. The number of carbonyl (C=O) groups is 1. The minimum atomic E-state index is -0.111. The average molecular weight is 369 g/mol. The fourth-order valence-electron chi connectivity index (χ4n) is 1.86. The summed E-state index contributed by atoms with van der Waals surface area (Å²) in [4.78, 5) is 12.1. The number of benzene rings is 2. The summed E-state index contributed by atoms with van der Waals surface area (Å²) in [6.07, 6.45) is 0.297. The maximum atomic E-state index is 12.1. The molecule has 0 atom stereocenters. The smallest absolute Gasteiger partial charge is 0.228 e. The third kappa shape index (κ3) is 4.76. The number of hydrogen-bond acceptors (Lipinski definition) is 2. The molecular formula is C16H15BrClNO2. The van der Waals surface area contributed by atoms with Gasteiger partial charge in [0, 0.05) is 9.50 Å². The second-order valence-corrected chi connectivity index (χ2v) is 5.78. The van der Waals surface area contributed by atoms with E-state index in [4.69, 9.17) is 16.3 Å². The first-order valence-corrected chi connectivity index (χ1v) is 7.72. The van der Waals surface area contributed by atoms with Crippen LogP contribution in [0.2, 0.25) is 5.02 Å². The minimum absolute atomic E-state index is 0.111. The Morgan fingerprint density at radius 3 is 2.62 bits per heavy atom. The molecule has 5 heteroatoms. The number of halogens is 2. The van der Waals surface area contributed by atoms with Crippen molar-refractivity contribution in [1.29, 1.82) is 0 Å². The number of carbonyl (C=O) groups excluding carboxylic acids is 1. The van der Waals surface area contributed by atoms with Gasteiger partial charge in [-0.1, -0.05) is 39.7 Å². The fourth-order valence-corrected chi connectivity index (χ4v) is 2.30. The van der Waals surface area contributed by atoms with Gasteiger partial charge in [0.2, 0.25) is 5.91 Å². The topological polar surface area (TPSA) is 38.3 Å². The van der Waals surface area contributed by atoms with E-state index >= 15 is 0 Å². The third-order valence-electron chi connectivity index (χ3n) is 2.79. The quantitative estimate of drug-likeness (QED) is 0.832. The molecule has 1 N–H and O–H groups in total. The number of ether oxygens (including phenoxy) is 1. The van der Waals surface area contributed by atoms with E-state index in [9.17, 15) is 4.79 Å². The summed E-state index contributed by atoms with van der Waals surface area (Å²) in [5.41, 5.74) is 1.53. The Bertz CT molecular complexity index is 629. The molecule has 0 unspecified atom stereocenters. The zero-order valence-corrected chi connectivity index (χ0v) is 13.9. The molecule has 0 aliphatic heterocycles. The molecule has 0 saturated carbocycles. The van der Waals surface area contributed by atoms with Gasteiger partial charge in [0.15, 0.2) is 0 Å². The van der Waals surface area contributed by atoms with Crippen molar-refractivity contribution in [3.8, 4) is 5.75 Å². The molecule has 110 valence electrons. The molecule has 0 radical (unpaired) electrons. The van der Waals surface area contributed by atoms with E-state index in [-0.39, 0.29) is 5.91 Å². The Labute approximate surface area is 137 Å². The second-order valence-electron chi connectivity index (χ2n) is 4.42. The Morgan fingerprint density at radius 2 is 1.95 bits per heavy atom. The van der Waals surface area contributed by atoms with Crippen LogP contribution < -0.4 is 10.1 Å². The summed E-state index contributed by atoms with van der Waals surface area (Å²) in [7, 11) is 0. The molecule has 0 aliphatic rings. The molecule has 0 bridgehead atoms. The molecule has 0 heterocycles. The Hall–Kier alpha value is -1.52. The highest BCUT2D eigenvalue weighted by Gasteiger charge is 2.09. The predicted molar refractivity (Wildman–Crippen MR) is 89.1 cm³/mol. The molecule has 0 aliphatic carbocycles. The summed E-state index contributed by atoms with van der Waals surface area (Å²) >= 11 is 9.33. The molecule has 21 heavy (non-hydrogen) atoms. The van der Waals surface area contributed by atoms with Crippen molar-refractivity contribution in [2.75, 3.05) is 11.9 Å². The SMILES string of the molecule is CCOc1ccc(Cl)cc1NC(=O)Cc1ccc(Br)cc1. The summed E-state index contributed by atoms with van der Waals surface area (Å²) in [5.74, 6) is 0.506. The van der Waals surface area contributed by atoms with Crippen LogP contribution in [-0.2, 0) is 11.2 Å². The van der Waals surface area contributed by atoms with Gasteiger partial charge in [-0.05, 0) is 42.8 Å². The number of anilines is 1. The summed E-state index contributed by atoms with van der Waals surface area (Å²) < 4.78 is 6.47. The van der Waals surface area contributed by atoms with Crippen LogP contribution in [0.4, 0.5) is 5.69 Å². The van der Waals surface area contributed by atoms with Crippen molar-refractivity contribution < 1.29 is 9.53 Å². The van der Waals surface area contributed by atoms with Gasteiger partial charge in [0.05, 0.1) is 18.7 Å². The summed E-state index contributed by atoms with van der Waals surface area (Å²) in [6, 6.07) is 12.8. The normalized spacial score (nSPS) is 10.2. The first-order valence-electron chi connectivity index (χ1n) is 6.55. The van der Waals surface area contributed by atoms with Crippen molar-refractivity contribution in [3.05, 3.63) is 57.5 Å². The molecule has 0 spiro atoms. The standard InChI is InChI=1S/C16H15BrClNO2/c1-2-21-15-8-7-13(18)10-14(15)19-16(20)9-11-3-5-12(17)6-4-11/h3-8,10H,2,9H2,1H3,(H,19,20). The molecule has 2 aromatic carbocycles. The lowest BCUT2D eigenvalue weighted by Gasteiger charge is -2.12. The minimum Gasteiger partial charge on any atom is -0.492 e. The van der Waals surface area contributed by atoms with Gasteiger partial charge in [-0.2, -0.15) is 0 Å². The van der Waals surface area contributed by atoms with Crippen LogP contribution in [0.25, 0.3) is 0 Å². The van der Waals surface area contributed by atoms with Gasteiger partial charge in [-0.15, -0.1) is 0 Å². The molecule has 1 amide bonds. The van der Waals surface area contributed by atoms with Crippen molar-refractivity contribution in [2.24, 2.45) is 0 Å². The zero-order valence-electron chi connectivity index (χ0n) is 11.5.